The van der Waals surface area contributed by atoms with E-state index in [2.05, 4.69) is 21.2 Å². The molecule has 0 saturated heterocycles. The maximum Gasteiger partial charge on any atom is 0.341 e. The Balaban J connectivity index is 1.80. The summed E-state index contributed by atoms with van der Waals surface area (Å²) in [5, 5.41) is 5.14. The molecule has 1 aliphatic rings. The van der Waals surface area contributed by atoms with Crippen molar-refractivity contribution in [3.63, 3.8) is 0 Å². The van der Waals surface area contributed by atoms with Crippen molar-refractivity contribution >= 4 is 44.1 Å². The first-order valence-electron chi connectivity index (χ1n) is 7.94. The molecule has 0 aliphatic heterocycles. The number of carbonyl (C=O) groups excluding carboxylic acids is 2. The van der Waals surface area contributed by atoms with Crippen LogP contribution in [0.25, 0.3) is 0 Å². The first kappa shape index (κ1) is 17.9. The van der Waals surface area contributed by atoms with Gasteiger partial charge in [0, 0.05) is 16.7 Å². The molecule has 25 heavy (non-hydrogen) atoms. The molecule has 132 valence electrons. The molecule has 2 aromatic rings. The van der Waals surface area contributed by atoms with E-state index in [4.69, 9.17) is 4.74 Å². The number of carbonyl (C=O) groups is 2. The molecule has 2 heterocycles. The number of nitrogens with zero attached hydrogens (tertiary/aromatic N) is 1. The summed E-state index contributed by atoms with van der Waals surface area (Å²) in [6.07, 6.45) is 3.64. The highest BCUT2D eigenvalue weighted by atomic mass is 79.9. The fraction of sp³-hybridized carbons (Fsp3) is 0.353. The lowest BCUT2D eigenvalue weighted by Gasteiger charge is -2.09. The molecule has 0 atom stereocenters. The number of thiophene rings is 1. The van der Waals surface area contributed by atoms with E-state index in [0.29, 0.717) is 21.0 Å². The zero-order chi connectivity index (χ0) is 18.0. The summed E-state index contributed by atoms with van der Waals surface area (Å²) >= 11 is 4.59. The highest BCUT2D eigenvalue weighted by molar-refractivity contribution is 9.10. The molecule has 3 rings (SSSR count). The average molecular weight is 425 g/mol. The molecule has 0 aromatic carbocycles. The van der Waals surface area contributed by atoms with Crippen LogP contribution in [0, 0.1) is 0 Å². The maximum atomic E-state index is 12.3. The van der Waals surface area contributed by atoms with E-state index in [1.54, 1.807) is 19.2 Å². The quantitative estimate of drug-likeness (QED) is 0.721. The third-order valence-corrected chi connectivity index (χ3v) is 5.21. The zero-order valence-corrected chi connectivity index (χ0v) is 16.0. The summed E-state index contributed by atoms with van der Waals surface area (Å²) in [4.78, 5) is 36.4. The molecule has 0 radical (unpaired) electrons. The van der Waals surface area contributed by atoms with Gasteiger partial charge in [0.2, 0.25) is 5.91 Å². The van der Waals surface area contributed by atoms with Crippen LogP contribution in [0.15, 0.2) is 33.0 Å². The van der Waals surface area contributed by atoms with E-state index >= 15 is 0 Å². The monoisotopic (exact) mass is 424 g/mol. The van der Waals surface area contributed by atoms with E-state index in [9.17, 15) is 14.4 Å². The minimum absolute atomic E-state index is 0.128. The predicted molar refractivity (Wildman–Crippen MR) is 99.3 cm³/mol. The van der Waals surface area contributed by atoms with Crippen molar-refractivity contribution in [1.29, 1.82) is 0 Å². The van der Waals surface area contributed by atoms with E-state index in [-0.39, 0.29) is 24.6 Å². The van der Waals surface area contributed by atoms with E-state index in [1.165, 1.54) is 22.0 Å². The van der Waals surface area contributed by atoms with Gasteiger partial charge in [0.25, 0.3) is 5.56 Å². The third-order valence-electron chi connectivity index (χ3n) is 3.83. The summed E-state index contributed by atoms with van der Waals surface area (Å²) in [6.45, 7) is 1.90. The van der Waals surface area contributed by atoms with Crippen molar-refractivity contribution in [2.75, 3.05) is 11.9 Å². The first-order valence-corrected chi connectivity index (χ1v) is 9.61. The Labute approximate surface area is 156 Å². The van der Waals surface area contributed by atoms with Gasteiger partial charge in [-0.15, -0.1) is 11.3 Å². The topological polar surface area (TPSA) is 77.4 Å². The van der Waals surface area contributed by atoms with Crippen LogP contribution in [-0.4, -0.2) is 23.1 Å². The molecule has 1 saturated carbocycles. The fourth-order valence-corrected chi connectivity index (χ4v) is 3.94. The van der Waals surface area contributed by atoms with Gasteiger partial charge in [-0.25, -0.2) is 4.79 Å². The Bertz CT molecular complexity index is 870. The lowest BCUT2D eigenvalue weighted by Crippen LogP contribution is -2.27. The molecule has 6 nitrogen and oxygen atoms in total. The molecular weight excluding hydrogens is 408 g/mol. The van der Waals surface area contributed by atoms with E-state index < -0.39 is 5.97 Å². The number of hydrogen-bond donors (Lipinski definition) is 1. The van der Waals surface area contributed by atoms with Gasteiger partial charge in [-0.2, -0.15) is 0 Å². The lowest BCUT2D eigenvalue weighted by molar-refractivity contribution is -0.116. The summed E-state index contributed by atoms with van der Waals surface area (Å²) in [5.41, 5.74) is 1.12. The number of esters is 1. The van der Waals surface area contributed by atoms with Crippen LogP contribution in [0.4, 0.5) is 5.00 Å². The summed E-state index contributed by atoms with van der Waals surface area (Å²) in [5.74, 6) is -0.412. The van der Waals surface area contributed by atoms with Crippen LogP contribution >= 0.6 is 27.3 Å². The summed E-state index contributed by atoms with van der Waals surface area (Å²) < 4.78 is 7.15. The van der Waals surface area contributed by atoms with E-state index in [0.717, 1.165) is 18.4 Å². The minimum atomic E-state index is -0.416. The largest absolute Gasteiger partial charge is 0.462 e. The standard InChI is InChI=1S/C17H17BrN2O4S/c1-2-24-17(23)15-12(10-3-4-10)9-25-16(15)19-13(21)8-20-7-11(18)5-6-14(20)22/h5-7,9-10H,2-4,8H2,1H3,(H,19,21). The summed E-state index contributed by atoms with van der Waals surface area (Å²) in [7, 11) is 0. The molecule has 1 fully saturated rings. The molecule has 1 amide bonds. The van der Waals surface area contributed by atoms with Crippen molar-refractivity contribution in [2.45, 2.75) is 32.2 Å². The van der Waals surface area contributed by atoms with Crippen molar-refractivity contribution in [1.82, 2.24) is 4.57 Å². The van der Waals surface area contributed by atoms with Gasteiger partial charge < -0.3 is 14.6 Å². The molecule has 2 aromatic heterocycles. The van der Waals surface area contributed by atoms with Gasteiger partial charge in [-0.3, -0.25) is 9.59 Å². The second kappa shape index (κ2) is 7.53. The normalized spacial score (nSPS) is 13.5. The highest BCUT2D eigenvalue weighted by Crippen LogP contribution is 2.46. The zero-order valence-electron chi connectivity index (χ0n) is 13.6. The first-order chi connectivity index (χ1) is 12.0. The van der Waals surface area contributed by atoms with Gasteiger partial charge >= 0.3 is 5.97 Å². The number of nitrogens with one attached hydrogen (secondary N) is 1. The summed E-state index contributed by atoms with van der Waals surface area (Å²) in [6, 6.07) is 3.01. The van der Waals surface area contributed by atoms with Crippen molar-refractivity contribution in [3.05, 3.63) is 49.7 Å². The van der Waals surface area contributed by atoms with Crippen LogP contribution < -0.4 is 10.9 Å². The Morgan fingerprint density at radius 2 is 2.16 bits per heavy atom. The number of aromatic nitrogens is 1. The Kier molecular flexibility index (Phi) is 5.39. The van der Waals surface area contributed by atoms with Crippen LogP contribution in [-0.2, 0) is 16.1 Å². The Morgan fingerprint density at radius 1 is 1.40 bits per heavy atom. The Morgan fingerprint density at radius 3 is 2.84 bits per heavy atom. The third kappa shape index (κ3) is 4.19. The number of amides is 1. The van der Waals surface area contributed by atoms with Crippen molar-refractivity contribution in [3.8, 4) is 0 Å². The average Bonchev–Trinajstić information content (AvgIpc) is 3.32. The van der Waals surface area contributed by atoms with Crippen LogP contribution in [0.5, 0.6) is 0 Å². The number of hydrogen-bond acceptors (Lipinski definition) is 5. The van der Waals surface area contributed by atoms with Crippen molar-refractivity contribution in [2.24, 2.45) is 0 Å². The molecular formula is C17H17BrN2O4S. The van der Waals surface area contributed by atoms with Gasteiger partial charge in [-0.1, -0.05) is 0 Å². The highest BCUT2D eigenvalue weighted by Gasteiger charge is 2.32. The smallest absolute Gasteiger partial charge is 0.341 e. The second-order valence-corrected chi connectivity index (χ2v) is 7.55. The fourth-order valence-electron chi connectivity index (χ4n) is 2.52. The number of halogens is 1. The molecule has 0 unspecified atom stereocenters. The minimum Gasteiger partial charge on any atom is -0.462 e. The number of anilines is 1. The number of pyridine rings is 1. The Hall–Kier alpha value is -1.93. The van der Waals surface area contributed by atoms with Crippen LogP contribution in [0.2, 0.25) is 0 Å². The SMILES string of the molecule is CCOC(=O)c1c(C2CC2)csc1NC(=O)Cn1cc(Br)ccc1=O. The van der Waals surface area contributed by atoms with Gasteiger partial charge in [0.1, 0.15) is 11.5 Å². The van der Waals surface area contributed by atoms with Gasteiger partial charge in [0.05, 0.1) is 12.2 Å². The molecule has 0 bridgehead atoms. The van der Waals surface area contributed by atoms with Gasteiger partial charge in [-0.05, 0) is 58.6 Å². The van der Waals surface area contributed by atoms with Crippen LogP contribution in [0.1, 0.15) is 41.6 Å². The molecule has 0 spiro atoms. The number of rotatable bonds is 6. The van der Waals surface area contributed by atoms with Gasteiger partial charge in [0.15, 0.2) is 0 Å². The maximum absolute atomic E-state index is 12.3. The second-order valence-electron chi connectivity index (χ2n) is 5.75. The number of ether oxygens (including phenoxy) is 1. The molecule has 1 aliphatic carbocycles. The van der Waals surface area contributed by atoms with Crippen LogP contribution in [0.3, 0.4) is 0 Å². The predicted octanol–water partition coefficient (Wildman–Crippen LogP) is 3.37. The van der Waals surface area contributed by atoms with E-state index in [1.807, 2.05) is 5.38 Å². The molecule has 1 N–H and O–H groups in total. The molecule has 8 heteroatoms. The lowest BCUT2D eigenvalue weighted by atomic mass is 10.1. The van der Waals surface area contributed by atoms with Crippen molar-refractivity contribution < 1.29 is 14.3 Å².